The predicted molar refractivity (Wildman–Crippen MR) is 52.5 cm³/mol. The maximum atomic E-state index is 11.1. The second-order valence-corrected chi connectivity index (χ2v) is 7.30. The Morgan fingerprint density at radius 2 is 1.86 bits per heavy atom. The standard InChI is InChI=1S/C6H14N2O4S2/c1-13(9,10)8-4-2-3-6(5-8)14(7,11)12/h6H,2-5H2,1H3,(H2,7,11,12). The summed E-state index contributed by atoms with van der Waals surface area (Å²) in [4.78, 5) is 0. The zero-order valence-electron chi connectivity index (χ0n) is 7.88. The number of nitrogens with zero attached hydrogens (tertiary/aromatic N) is 1. The van der Waals surface area contributed by atoms with Gasteiger partial charge in [0.05, 0.1) is 11.5 Å². The monoisotopic (exact) mass is 242 g/mol. The molecule has 0 aromatic rings. The fraction of sp³-hybridized carbons (Fsp3) is 1.00. The molecule has 8 heteroatoms. The van der Waals surface area contributed by atoms with Crippen molar-refractivity contribution < 1.29 is 16.8 Å². The molecule has 1 fully saturated rings. The van der Waals surface area contributed by atoms with Crippen LogP contribution in [0.2, 0.25) is 0 Å². The molecule has 1 unspecified atom stereocenters. The third-order valence-electron chi connectivity index (χ3n) is 2.27. The Labute approximate surface area is 84.2 Å². The Morgan fingerprint density at radius 3 is 2.29 bits per heavy atom. The summed E-state index contributed by atoms with van der Waals surface area (Å²) < 4.78 is 45.5. The zero-order valence-corrected chi connectivity index (χ0v) is 9.51. The second-order valence-electron chi connectivity index (χ2n) is 3.47. The minimum Gasteiger partial charge on any atom is -0.228 e. The molecule has 0 aromatic heterocycles. The van der Waals surface area contributed by atoms with Gasteiger partial charge in [0.15, 0.2) is 0 Å². The minimum atomic E-state index is -3.63. The van der Waals surface area contributed by atoms with Crippen LogP contribution in [-0.2, 0) is 20.0 Å². The van der Waals surface area contributed by atoms with Gasteiger partial charge in [-0.05, 0) is 12.8 Å². The van der Waals surface area contributed by atoms with Crippen LogP contribution >= 0.6 is 0 Å². The van der Waals surface area contributed by atoms with E-state index >= 15 is 0 Å². The van der Waals surface area contributed by atoms with Gasteiger partial charge >= 0.3 is 0 Å². The van der Waals surface area contributed by atoms with Crippen molar-refractivity contribution in [1.82, 2.24) is 4.31 Å². The molecule has 1 rings (SSSR count). The van der Waals surface area contributed by atoms with E-state index in [1.807, 2.05) is 0 Å². The van der Waals surface area contributed by atoms with E-state index in [-0.39, 0.29) is 6.54 Å². The van der Waals surface area contributed by atoms with Crippen LogP contribution in [-0.4, -0.2) is 45.7 Å². The summed E-state index contributed by atoms with van der Waals surface area (Å²) in [7, 11) is -6.93. The van der Waals surface area contributed by atoms with Gasteiger partial charge in [-0.3, -0.25) is 0 Å². The van der Waals surface area contributed by atoms with Gasteiger partial charge in [0.1, 0.15) is 0 Å². The van der Waals surface area contributed by atoms with Crippen LogP contribution in [0.5, 0.6) is 0 Å². The topological polar surface area (TPSA) is 97.5 Å². The van der Waals surface area contributed by atoms with E-state index in [9.17, 15) is 16.8 Å². The van der Waals surface area contributed by atoms with Gasteiger partial charge in [-0.15, -0.1) is 0 Å². The van der Waals surface area contributed by atoms with Gasteiger partial charge in [0, 0.05) is 13.1 Å². The van der Waals surface area contributed by atoms with Crippen molar-refractivity contribution in [2.24, 2.45) is 5.14 Å². The minimum absolute atomic E-state index is 0.0162. The summed E-state index contributed by atoms with van der Waals surface area (Å²) in [6, 6.07) is 0. The highest BCUT2D eigenvalue weighted by molar-refractivity contribution is 7.90. The average Bonchev–Trinajstić information content (AvgIpc) is 2.01. The molecule has 1 heterocycles. The van der Waals surface area contributed by atoms with Crippen molar-refractivity contribution in [3.05, 3.63) is 0 Å². The molecule has 0 aromatic carbocycles. The number of rotatable bonds is 2. The van der Waals surface area contributed by atoms with Crippen molar-refractivity contribution in [3.8, 4) is 0 Å². The molecule has 0 amide bonds. The van der Waals surface area contributed by atoms with Crippen molar-refractivity contribution in [2.45, 2.75) is 18.1 Å². The first kappa shape index (κ1) is 11.9. The molecule has 1 saturated heterocycles. The Balaban J connectivity index is 2.81. The van der Waals surface area contributed by atoms with Crippen molar-refractivity contribution in [1.29, 1.82) is 0 Å². The molecule has 1 atom stereocenters. The third kappa shape index (κ3) is 2.91. The molecule has 0 saturated carbocycles. The number of hydrogen-bond donors (Lipinski definition) is 1. The molecule has 2 N–H and O–H groups in total. The highest BCUT2D eigenvalue weighted by Crippen LogP contribution is 2.17. The van der Waals surface area contributed by atoms with Crippen molar-refractivity contribution in [3.63, 3.8) is 0 Å². The lowest BCUT2D eigenvalue weighted by Gasteiger charge is -2.29. The fourth-order valence-electron chi connectivity index (χ4n) is 1.47. The van der Waals surface area contributed by atoms with Gasteiger partial charge in [-0.2, -0.15) is 0 Å². The SMILES string of the molecule is CS(=O)(=O)N1CCCC(S(N)(=O)=O)C1. The van der Waals surface area contributed by atoms with E-state index < -0.39 is 25.3 Å². The maximum Gasteiger partial charge on any atom is 0.213 e. The lowest BCUT2D eigenvalue weighted by molar-refractivity contribution is 0.348. The molecule has 0 aliphatic carbocycles. The first-order chi connectivity index (χ1) is 6.21. The molecule has 6 nitrogen and oxygen atoms in total. The highest BCUT2D eigenvalue weighted by Gasteiger charge is 2.31. The Kier molecular flexibility index (Phi) is 3.20. The van der Waals surface area contributed by atoms with E-state index in [1.165, 1.54) is 0 Å². The van der Waals surface area contributed by atoms with Gasteiger partial charge in [-0.25, -0.2) is 26.3 Å². The predicted octanol–water partition coefficient (Wildman–Crippen LogP) is -1.30. The maximum absolute atomic E-state index is 11.1. The van der Waals surface area contributed by atoms with E-state index in [0.717, 1.165) is 10.6 Å². The van der Waals surface area contributed by atoms with E-state index in [4.69, 9.17) is 5.14 Å². The Hall–Kier alpha value is -0.180. The quantitative estimate of drug-likeness (QED) is 0.650. The largest absolute Gasteiger partial charge is 0.228 e. The van der Waals surface area contributed by atoms with Crippen LogP contribution in [0, 0.1) is 0 Å². The van der Waals surface area contributed by atoms with Gasteiger partial charge in [0.25, 0.3) is 0 Å². The van der Waals surface area contributed by atoms with Gasteiger partial charge in [-0.1, -0.05) is 0 Å². The summed E-state index contributed by atoms with van der Waals surface area (Å²) in [6.07, 6.45) is 2.04. The summed E-state index contributed by atoms with van der Waals surface area (Å²) in [5.74, 6) is 0. The molecule has 0 radical (unpaired) electrons. The zero-order chi connectivity index (χ0) is 11.0. The Bertz CT molecular complexity index is 362. The molecule has 0 spiro atoms. The number of sulfonamides is 2. The molecule has 0 bridgehead atoms. The summed E-state index contributed by atoms with van der Waals surface area (Å²) >= 11 is 0. The number of primary sulfonamides is 1. The van der Waals surface area contributed by atoms with E-state index in [1.54, 1.807) is 0 Å². The van der Waals surface area contributed by atoms with Gasteiger partial charge < -0.3 is 0 Å². The summed E-state index contributed by atoms with van der Waals surface area (Å²) in [5, 5.41) is 4.21. The first-order valence-corrected chi connectivity index (χ1v) is 7.64. The number of hydrogen-bond acceptors (Lipinski definition) is 4. The van der Waals surface area contributed by atoms with Crippen LogP contribution < -0.4 is 5.14 Å². The highest BCUT2D eigenvalue weighted by atomic mass is 32.2. The van der Waals surface area contributed by atoms with Crippen LogP contribution in [0.4, 0.5) is 0 Å². The second kappa shape index (κ2) is 3.76. The van der Waals surface area contributed by atoms with Gasteiger partial charge in [0.2, 0.25) is 20.0 Å². The molecule has 1 aliphatic heterocycles. The third-order valence-corrected chi connectivity index (χ3v) is 4.86. The lowest BCUT2D eigenvalue weighted by Crippen LogP contribution is -2.46. The van der Waals surface area contributed by atoms with E-state index in [2.05, 4.69) is 0 Å². The molecular weight excluding hydrogens is 228 g/mol. The normalized spacial score (nSPS) is 26.3. The molecule has 84 valence electrons. The Morgan fingerprint density at radius 1 is 1.29 bits per heavy atom. The smallest absolute Gasteiger partial charge is 0.213 e. The summed E-state index contributed by atoms with van der Waals surface area (Å²) in [5.41, 5.74) is 0. The average molecular weight is 242 g/mol. The van der Waals surface area contributed by atoms with E-state index in [0.29, 0.717) is 19.4 Å². The number of nitrogens with two attached hydrogens (primary N) is 1. The lowest BCUT2D eigenvalue weighted by atomic mass is 10.2. The number of piperidine rings is 1. The van der Waals surface area contributed by atoms with Crippen LogP contribution in [0.15, 0.2) is 0 Å². The van der Waals surface area contributed by atoms with Crippen LogP contribution in [0.25, 0.3) is 0 Å². The van der Waals surface area contributed by atoms with Crippen molar-refractivity contribution >= 4 is 20.0 Å². The van der Waals surface area contributed by atoms with Crippen LogP contribution in [0.3, 0.4) is 0 Å². The van der Waals surface area contributed by atoms with Crippen molar-refractivity contribution in [2.75, 3.05) is 19.3 Å². The molecule has 1 aliphatic rings. The fourth-order valence-corrected chi connectivity index (χ4v) is 3.36. The molecular formula is C6H14N2O4S2. The first-order valence-electron chi connectivity index (χ1n) is 4.18. The molecule has 14 heavy (non-hydrogen) atoms. The van der Waals surface area contributed by atoms with Crippen LogP contribution in [0.1, 0.15) is 12.8 Å². The summed E-state index contributed by atoms with van der Waals surface area (Å²) in [6.45, 7) is 0.364.